The van der Waals surface area contributed by atoms with Crippen molar-refractivity contribution in [2.45, 2.75) is 42.9 Å². The van der Waals surface area contributed by atoms with Gasteiger partial charge in [-0.25, -0.2) is 17.2 Å². The van der Waals surface area contributed by atoms with Crippen LogP contribution in [0.3, 0.4) is 0 Å². The zero-order chi connectivity index (χ0) is 23.5. The molecule has 1 N–H and O–H groups in total. The summed E-state index contributed by atoms with van der Waals surface area (Å²) in [6, 6.07) is 8.38. The van der Waals surface area contributed by atoms with Gasteiger partial charge in [0.2, 0.25) is 15.9 Å². The van der Waals surface area contributed by atoms with Crippen LogP contribution in [0.15, 0.2) is 53.4 Å². The van der Waals surface area contributed by atoms with Gasteiger partial charge < -0.3 is 10.1 Å². The van der Waals surface area contributed by atoms with Crippen molar-refractivity contribution in [2.24, 2.45) is 0 Å². The molecule has 2 aromatic rings. The highest BCUT2D eigenvalue weighted by Gasteiger charge is 2.45. The van der Waals surface area contributed by atoms with Crippen molar-refractivity contribution in [1.82, 2.24) is 9.62 Å². The predicted molar refractivity (Wildman–Crippen MR) is 108 cm³/mol. The van der Waals surface area contributed by atoms with Crippen molar-refractivity contribution in [3.8, 4) is 5.75 Å². The number of alkyl halides is 4. The van der Waals surface area contributed by atoms with Crippen molar-refractivity contribution in [3.05, 3.63) is 59.1 Å². The van der Waals surface area contributed by atoms with Crippen molar-refractivity contribution in [3.63, 3.8) is 0 Å². The molecule has 1 fully saturated rings. The van der Waals surface area contributed by atoms with Crippen molar-refractivity contribution < 1.29 is 35.5 Å². The molecule has 1 atom stereocenters. The Morgan fingerprint density at radius 2 is 1.75 bits per heavy atom. The van der Waals surface area contributed by atoms with Gasteiger partial charge in [0.15, 0.2) is 0 Å². The quantitative estimate of drug-likeness (QED) is 0.589. The Morgan fingerprint density at radius 1 is 1.12 bits per heavy atom. The normalized spacial score (nSPS) is 19.0. The number of sulfonamides is 1. The van der Waals surface area contributed by atoms with Gasteiger partial charge in [-0.15, -0.1) is 0 Å². The molecule has 2 aromatic carbocycles. The zero-order valence-corrected chi connectivity index (χ0v) is 18.1. The lowest BCUT2D eigenvalue weighted by Gasteiger charge is -2.30. The number of benzene rings is 2. The van der Waals surface area contributed by atoms with Gasteiger partial charge in [-0.2, -0.15) is 13.1 Å². The summed E-state index contributed by atoms with van der Waals surface area (Å²) in [5.41, 5.74) is 0.282. The highest BCUT2D eigenvalue weighted by molar-refractivity contribution is 7.89. The monoisotopic (exact) mass is 494 g/mol. The van der Waals surface area contributed by atoms with E-state index >= 15 is 0 Å². The fourth-order valence-electron chi connectivity index (χ4n) is 3.26. The molecule has 1 amide bonds. The Labute approximate surface area is 187 Å². The fraction of sp³-hybridized carbons (Fsp3) is 0.350. The molecule has 0 spiro atoms. The van der Waals surface area contributed by atoms with E-state index < -0.39 is 53.9 Å². The summed E-state index contributed by atoms with van der Waals surface area (Å²) in [4.78, 5) is 12.3. The number of carbonyl (C=O) groups excluding carboxylic acids is 1. The predicted octanol–water partition coefficient (Wildman–Crippen LogP) is 4.05. The molecule has 1 aliphatic heterocycles. The largest absolute Gasteiger partial charge is 0.435 e. The van der Waals surface area contributed by atoms with Crippen LogP contribution in [0, 0.1) is 0 Å². The van der Waals surface area contributed by atoms with E-state index in [-0.39, 0.29) is 27.8 Å². The summed E-state index contributed by atoms with van der Waals surface area (Å²) in [6.45, 7) is -3.79. The van der Waals surface area contributed by atoms with Gasteiger partial charge in [0, 0.05) is 31.0 Å². The molecule has 0 saturated carbocycles. The van der Waals surface area contributed by atoms with Gasteiger partial charge in [-0.3, -0.25) is 4.79 Å². The zero-order valence-electron chi connectivity index (χ0n) is 16.5. The standard InChI is InChI=1S/C20H19ClF4N2O4S/c21-14-3-7-16(8-4-14)32(29,30)27(17-11-20(24,25)9-10-26-18(17)28)12-13-1-5-15(6-2-13)31-19(22)23/h1-8,17,19H,9-12H2,(H,26,28)/t17-/m1/s1. The minimum absolute atomic E-state index is 0.158. The Balaban J connectivity index is 2.00. The maximum atomic E-state index is 14.3. The van der Waals surface area contributed by atoms with Crippen molar-refractivity contribution >= 4 is 27.5 Å². The third-order valence-electron chi connectivity index (χ3n) is 4.84. The Morgan fingerprint density at radius 3 is 2.34 bits per heavy atom. The number of ether oxygens (including phenoxy) is 1. The molecule has 0 unspecified atom stereocenters. The van der Waals surface area contributed by atoms with Gasteiger partial charge >= 0.3 is 6.61 Å². The van der Waals surface area contributed by atoms with E-state index in [1.165, 1.54) is 48.5 Å². The molecule has 12 heteroatoms. The summed E-state index contributed by atoms with van der Waals surface area (Å²) < 4.78 is 85.0. The number of nitrogens with one attached hydrogen (secondary N) is 1. The molecule has 0 bridgehead atoms. The molecule has 1 heterocycles. The molecule has 0 aliphatic carbocycles. The fourth-order valence-corrected chi connectivity index (χ4v) is 4.96. The second kappa shape index (κ2) is 9.63. The van der Waals surface area contributed by atoms with Crippen LogP contribution < -0.4 is 10.1 Å². The number of carbonyl (C=O) groups is 1. The first kappa shape index (κ1) is 24.3. The molecular weight excluding hydrogens is 476 g/mol. The molecule has 1 saturated heterocycles. The van der Waals surface area contributed by atoms with Crippen LogP contribution in [0.4, 0.5) is 17.6 Å². The van der Waals surface area contributed by atoms with Crippen LogP contribution in [-0.4, -0.2) is 43.8 Å². The summed E-state index contributed by atoms with van der Waals surface area (Å²) in [5, 5.41) is 2.60. The maximum absolute atomic E-state index is 14.3. The summed E-state index contributed by atoms with van der Waals surface area (Å²) in [5.74, 6) is -4.28. The van der Waals surface area contributed by atoms with Crippen molar-refractivity contribution in [1.29, 1.82) is 0 Å². The smallest absolute Gasteiger partial charge is 0.387 e. The van der Waals surface area contributed by atoms with Gasteiger partial charge in [0.25, 0.3) is 5.92 Å². The Kier molecular flexibility index (Phi) is 7.31. The van der Waals surface area contributed by atoms with Crippen molar-refractivity contribution in [2.75, 3.05) is 6.54 Å². The third kappa shape index (κ3) is 5.90. The van der Waals surface area contributed by atoms with E-state index in [2.05, 4.69) is 10.1 Å². The number of amides is 1. The molecule has 3 rings (SSSR count). The van der Waals surface area contributed by atoms with E-state index in [0.717, 1.165) is 0 Å². The lowest BCUT2D eigenvalue weighted by molar-refractivity contribution is -0.126. The molecule has 174 valence electrons. The van der Waals surface area contributed by atoms with Crippen LogP contribution in [0.25, 0.3) is 0 Å². The van der Waals surface area contributed by atoms with Gasteiger partial charge in [0.05, 0.1) is 4.90 Å². The molecule has 0 aromatic heterocycles. The second-order valence-electron chi connectivity index (χ2n) is 7.14. The SMILES string of the molecule is O=C1NCCC(F)(F)C[C@H]1N(Cc1ccc(OC(F)F)cc1)S(=O)(=O)c1ccc(Cl)cc1. The van der Waals surface area contributed by atoms with Gasteiger partial charge in [0.1, 0.15) is 11.8 Å². The second-order valence-corrected chi connectivity index (χ2v) is 9.47. The minimum Gasteiger partial charge on any atom is -0.435 e. The lowest BCUT2D eigenvalue weighted by Crippen LogP contribution is -2.49. The number of hydrogen-bond donors (Lipinski definition) is 1. The van der Waals surface area contributed by atoms with Crippen LogP contribution in [0.2, 0.25) is 5.02 Å². The third-order valence-corrected chi connectivity index (χ3v) is 6.96. The number of halogens is 5. The molecule has 32 heavy (non-hydrogen) atoms. The first-order valence-corrected chi connectivity index (χ1v) is 11.3. The van der Waals surface area contributed by atoms with E-state index in [1.54, 1.807) is 0 Å². The number of nitrogens with zero attached hydrogens (tertiary/aromatic N) is 1. The Hall–Kier alpha value is -2.37. The summed E-state index contributed by atoms with van der Waals surface area (Å²) in [6.07, 6.45) is -1.62. The van der Waals surface area contributed by atoms with Crippen LogP contribution >= 0.6 is 11.6 Å². The molecule has 6 nitrogen and oxygen atoms in total. The summed E-state index contributed by atoms with van der Waals surface area (Å²) >= 11 is 5.82. The Bertz CT molecular complexity index is 1050. The highest BCUT2D eigenvalue weighted by Crippen LogP contribution is 2.32. The molecular formula is C20H19ClF4N2O4S. The average molecular weight is 495 g/mol. The first-order chi connectivity index (χ1) is 15.0. The minimum atomic E-state index is -4.41. The van der Waals surface area contributed by atoms with Gasteiger partial charge in [-0.05, 0) is 42.0 Å². The average Bonchev–Trinajstić information content (AvgIpc) is 2.84. The topological polar surface area (TPSA) is 75.7 Å². The van der Waals surface area contributed by atoms with Gasteiger partial charge in [-0.1, -0.05) is 23.7 Å². The van der Waals surface area contributed by atoms with Crippen LogP contribution in [-0.2, 0) is 21.4 Å². The van der Waals surface area contributed by atoms with Crippen LogP contribution in [0.1, 0.15) is 18.4 Å². The first-order valence-electron chi connectivity index (χ1n) is 9.45. The maximum Gasteiger partial charge on any atom is 0.387 e. The van der Waals surface area contributed by atoms with E-state index in [0.29, 0.717) is 4.31 Å². The van der Waals surface area contributed by atoms with E-state index in [4.69, 9.17) is 11.6 Å². The number of hydrogen-bond acceptors (Lipinski definition) is 4. The highest BCUT2D eigenvalue weighted by atomic mass is 35.5. The van der Waals surface area contributed by atoms with E-state index in [1.807, 2.05) is 0 Å². The van der Waals surface area contributed by atoms with Crippen LogP contribution in [0.5, 0.6) is 5.75 Å². The molecule has 1 aliphatic rings. The van der Waals surface area contributed by atoms with E-state index in [9.17, 15) is 30.8 Å². The summed E-state index contributed by atoms with van der Waals surface area (Å²) in [7, 11) is -4.41. The lowest BCUT2D eigenvalue weighted by atomic mass is 10.1. The molecule has 0 radical (unpaired) electrons. The number of rotatable bonds is 7.